The van der Waals surface area contributed by atoms with E-state index in [9.17, 15) is 37.8 Å². The second kappa shape index (κ2) is 14.7. The number of rotatable bonds is 11. The largest absolute Gasteiger partial charge is 0.491 e. The van der Waals surface area contributed by atoms with E-state index in [1.54, 1.807) is 34.1 Å². The number of carbonyl (C=O) groups excluding carboxylic acids is 2. The average molecular weight is 680 g/mol. The van der Waals surface area contributed by atoms with Crippen molar-refractivity contribution in [2.75, 3.05) is 44.3 Å². The molecule has 12 nitrogen and oxygen atoms in total. The van der Waals surface area contributed by atoms with Crippen LogP contribution in [0.2, 0.25) is 10.0 Å². The Morgan fingerprint density at radius 1 is 1.04 bits per heavy atom. The highest BCUT2D eigenvalue weighted by Crippen LogP contribution is 2.40. The van der Waals surface area contributed by atoms with E-state index >= 15 is 0 Å². The number of hydrogen-bond acceptors (Lipinski definition) is 10. The van der Waals surface area contributed by atoms with E-state index in [1.165, 1.54) is 6.07 Å². The number of carboxylic acids is 1. The predicted molar refractivity (Wildman–Crippen MR) is 154 cm³/mol. The molecule has 2 aliphatic rings. The molecule has 2 aliphatic heterocycles. The number of piperidine rings is 1. The first-order valence-electron chi connectivity index (χ1n) is 13.7. The van der Waals surface area contributed by atoms with Gasteiger partial charge in [-0.2, -0.15) is 13.2 Å². The molecule has 0 radical (unpaired) electrons. The van der Waals surface area contributed by atoms with Gasteiger partial charge in [0, 0.05) is 54.9 Å². The molecular formula is C28H30Cl2F3N3O9. The molecule has 0 saturated carbocycles. The van der Waals surface area contributed by atoms with Crippen molar-refractivity contribution >= 4 is 46.7 Å². The Morgan fingerprint density at radius 3 is 2.31 bits per heavy atom. The van der Waals surface area contributed by atoms with Crippen molar-refractivity contribution in [3.8, 4) is 11.5 Å². The summed E-state index contributed by atoms with van der Waals surface area (Å²) in [5, 5.41) is 33.2. The molecule has 2 aromatic carbocycles. The van der Waals surface area contributed by atoms with Crippen LogP contribution in [-0.2, 0) is 14.3 Å². The summed E-state index contributed by atoms with van der Waals surface area (Å²) < 4.78 is 52.9. The monoisotopic (exact) mass is 679 g/mol. The molecule has 3 atom stereocenters. The Bertz CT molecular complexity index is 1380. The van der Waals surface area contributed by atoms with E-state index < -0.39 is 36.6 Å². The SMILES string of the molecule is O=C(O)C(OC(=O)C(F)(F)F)Oc1cc(Cl)c(OCCO)cc1N1CC(O)C(NC2CCN(C(=O)c3ccc(Cl)cc3)CC2)C1. The molecule has 2 saturated heterocycles. The zero-order chi connectivity index (χ0) is 32.9. The summed E-state index contributed by atoms with van der Waals surface area (Å²) in [6.45, 7) is 0.550. The molecule has 0 spiro atoms. The van der Waals surface area contributed by atoms with Crippen LogP contribution in [-0.4, -0.2) is 108 Å². The van der Waals surface area contributed by atoms with Crippen LogP contribution in [0.3, 0.4) is 0 Å². The second-order valence-corrected chi connectivity index (χ2v) is 11.2. The topological polar surface area (TPSA) is 158 Å². The zero-order valence-electron chi connectivity index (χ0n) is 23.5. The lowest BCUT2D eigenvalue weighted by Crippen LogP contribution is -2.50. The van der Waals surface area contributed by atoms with Crippen LogP contribution in [0.15, 0.2) is 36.4 Å². The lowest BCUT2D eigenvalue weighted by molar-refractivity contribution is -0.219. The fourth-order valence-electron chi connectivity index (χ4n) is 5.01. The third kappa shape index (κ3) is 8.82. The van der Waals surface area contributed by atoms with Gasteiger partial charge in [0.15, 0.2) is 0 Å². The van der Waals surface area contributed by atoms with Crippen molar-refractivity contribution in [3.05, 3.63) is 52.0 Å². The van der Waals surface area contributed by atoms with Crippen LogP contribution in [0.4, 0.5) is 18.9 Å². The molecule has 3 unspecified atom stereocenters. The van der Waals surface area contributed by atoms with Crippen LogP contribution in [0, 0.1) is 0 Å². The Kier molecular flexibility index (Phi) is 11.3. The Morgan fingerprint density at radius 2 is 1.71 bits per heavy atom. The van der Waals surface area contributed by atoms with E-state index in [0.717, 1.165) is 6.07 Å². The van der Waals surface area contributed by atoms with Crippen molar-refractivity contribution in [3.63, 3.8) is 0 Å². The van der Waals surface area contributed by atoms with Gasteiger partial charge in [-0.15, -0.1) is 0 Å². The van der Waals surface area contributed by atoms with E-state index in [0.29, 0.717) is 36.5 Å². The van der Waals surface area contributed by atoms with Gasteiger partial charge in [0.05, 0.1) is 29.5 Å². The number of aliphatic hydroxyl groups is 2. The van der Waals surface area contributed by atoms with E-state index in [-0.39, 0.29) is 60.5 Å². The van der Waals surface area contributed by atoms with Crippen LogP contribution in [0.5, 0.6) is 11.5 Å². The number of aliphatic hydroxyl groups excluding tert-OH is 2. The van der Waals surface area contributed by atoms with Gasteiger partial charge >= 0.3 is 24.4 Å². The summed E-state index contributed by atoms with van der Waals surface area (Å²) >= 11 is 12.1. The molecule has 2 heterocycles. The molecule has 4 N–H and O–H groups in total. The highest BCUT2D eigenvalue weighted by Gasteiger charge is 2.44. The Labute approximate surface area is 265 Å². The van der Waals surface area contributed by atoms with Gasteiger partial charge in [0.1, 0.15) is 18.1 Å². The van der Waals surface area contributed by atoms with Gasteiger partial charge in [0.25, 0.3) is 5.91 Å². The number of esters is 1. The molecule has 17 heteroatoms. The van der Waals surface area contributed by atoms with E-state index in [2.05, 4.69) is 10.1 Å². The third-order valence-corrected chi connectivity index (χ3v) is 7.74. The molecule has 4 rings (SSSR count). The van der Waals surface area contributed by atoms with Crippen LogP contribution in [0.25, 0.3) is 0 Å². The highest BCUT2D eigenvalue weighted by atomic mass is 35.5. The van der Waals surface area contributed by atoms with Gasteiger partial charge < -0.3 is 44.6 Å². The number of β-amino-alcohol motifs (C(OH)–C–C–N with tert-alkyl or cyclic N) is 1. The number of anilines is 1. The minimum atomic E-state index is -5.48. The molecule has 246 valence electrons. The molecule has 2 aromatic rings. The summed E-state index contributed by atoms with van der Waals surface area (Å²) in [7, 11) is 0. The fourth-order valence-corrected chi connectivity index (χ4v) is 5.34. The number of halogens is 5. The quantitative estimate of drug-likeness (QED) is 0.204. The highest BCUT2D eigenvalue weighted by molar-refractivity contribution is 6.32. The van der Waals surface area contributed by atoms with Gasteiger partial charge in [-0.05, 0) is 37.1 Å². The minimum absolute atomic E-state index is 0.0108. The van der Waals surface area contributed by atoms with E-state index in [4.69, 9.17) is 37.8 Å². The maximum Gasteiger partial charge on any atom is 0.491 e. The Balaban J connectivity index is 1.46. The number of benzene rings is 2. The first-order valence-corrected chi connectivity index (χ1v) is 14.5. The molecular weight excluding hydrogens is 650 g/mol. The number of hydrogen-bond donors (Lipinski definition) is 4. The molecule has 45 heavy (non-hydrogen) atoms. The van der Waals surface area contributed by atoms with Gasteiger partial charge in [-0.1, -0.05) is 23.2 Å². The fraction of sp³-hybridized carbons (Fsp3) is 0.464. The number of carbonyl (C=O) groups is 3. The summed E-state index contributed by atoms with van der Waals surface area (Å²) in [6, 6.07) is 8.44. The van der Waals surface area contributed by atoms with E-state index in [1.807, 2.05) is 0 Å². The molecule has 2 fully saturated rings. The maximum absolute atomic E-state index is 12.8. The standard InChI is InChI=1S/C28H30Cl2F3N3O9/c29-16-3-1-15(2-4-16)24(39)35-7-5-17(6-8-35)34-19-13-36(14-21(19)38)20-12-22(43-10-9-37)18(30)11-23(20)44-26(25(40)41)45-27(42)28(31,32)33/h1-4,11-12,17,19,21,26,34,37-38H,5-10,13-14H2,(H,40,41). The van der Waals surface area contributed by atoms with Crippen molar-refractivity contribution < 1.29 is 57.1 Å². The van der Waals surface area contributed by atoms with Crippen molar-refractivity contribution in [2.45, 2.75) is 43.5 Å². The number of ether oxygens (including phenoxy) is 3. The van der Waals surface area contributed by atoms with Gasteiger partial charge in [0.2, 0.25) is 0 Å². The lowest BCUT2D eigenvalue weighted by atomic mass is 10.0. The summed E-state index contributed by atoms with van der Waals surface area (Å²) in [4.78, 5) is 39.1. The molecule has 0 bridgehead atoms. The summed E-state index contributed by atoms with van der Waals surface area (Å²) in [6.07, 6.45) is -7.90. The first-order chi connectivity index (χ1) is 21.3. The number of amides is 1. The second-order valence-electron chi connectivity index (χ2n) is 10.3. The zero-order valence-corrected chi connectivity index (χ0v) is 25.0. The predicted octanol–water partition coefficient (Wildman–Crippen LogP) is 2.70. The van der Waals surface area contributed by atoms with Crippen LogP contribution < -0.4 is 19.7 Å². The number of nitrogens with zero attached hydrogens (tertiary/aromatic N) is 2. The Hall–Kier alpha value is -3.50. The molecule has 0 aliphatic carbocycles. The van der Waals surface area contributed by atoms with Gasteiger partial charge in [-0.25, -0.2) is 9.59 Å². The van der Waals surface area contributed by atoms with Crippen molar-refractivity contribution in [1.29, 1.82) is 0 Å². The number of nitrogens with one attached hydrogen (secondary N) is 1. The smallest absolute Gasteiger partial charge is 0.490 e. The number of likely N-dealkylation sites (tertiary alicyclic amines) is 1. The molecule has 1 amide bonds. The maximum atomic E-state index is 12.8. The minimum Gasteiger partial charge on any atom is -0.490 e. The number of aliphatic carboxylic acids is 1. The summed E-state index contributed by atoms with van der Waals surface area (Å²) in [5.74, 6) is -5.23. The van der Waals surface area contributed by atoms with Crippen LogP contribution >= 0.6 is 23.2 Å². The summed E-state index contributed by atoms with van der Waals surface area (Å²) in [5.41, 5.74) is 0.600. The lowest BCUT2D eigenvalue weighted by Gasteiger charge is -2.34. The first kappa shape index (κ1) is 34.4. The van der Waals surface area contributed by atoms with Crippen molar-refractivity contribution in [2.24, 2.45) is 0 Å². The normalized spacial score (nSPS) is 19.7. The van der Waals surface area contributed by atoms with Crippen LogP contribution in [0.1, 0.15) is 23.2 Å². The number of carboxylic acid groups (broad SMARTS) is 1. The van der Waals surface area contributed by atoms with Gasteiger partial charge in [-0.3, -0.25) is 4.79 Å². The van der Waals surface area contributed by atoms with Crippen molar-refractivity contribution in [1.82, 2.24) is 10.2 Å². The third-order valence-electron chi connectivity index (χ3n) is 7.20. The molecule has 0 aromatic heterocycles. The average Bonchev–Trinajstić information content (AvgIpc) is 3.35. The number of alkyl halides is 3.